The van der Waals surface area contributed by atoms with E-state index in [0.29, 0.717) is 17.2 Å². The van der Waals surface area contributed by atoms with Crippen LogP contribution in [-0.2, 0) is 11.0 Å². The van der Waals surface area contributed by atoms with Gasteiger partial charge in [-0.25, -0.2) is 0 Å². The summed E-state index contributed by atoms with van der Waals surface area (Å²) in [5.41, 5.74) is -2.46. The average Bonchev–Trinajstić information content (AvgIpc) is 3.00. The number of aliphatic hydroxyl groups excluding tert-OH is 2. The summed E-state index contributed by atoms with van der Waals surface area (Å²) in [7, 11) is 0. The Hall–Kier alpha value is -2.85. The quantitative estimate of drug-likeness (QED) is 0.586. The van der Waals surface area contributed by atoms with Gasteiger partial charge in [-0.2, -0.15) is 18.4 Å². The Morgan fingerprint density at radius 3 is 2.60 bits per heavy atom. The number of nitrogens with zero attached hydrogens (tertiary/aromatic N) is 3. The molecule has 2 aromatic rings. The Morgan fingerprint density at radius 2 is 1.97 bits per heavy atom. The largest absolute Gasteiger partial charge is 0.486 e. The molecule has 0 spiro atoms. The zero-order chi connectivity index (χ0) is 25.7. The molecule has 0 saturated carbocycles. The van der Waals surface area contributed by atoms with Gasteiger partial charge in [0.15, 0.2) is 5.11 Å². The van der Waals surface area contributed by atoms with Gasteiger partial charge in [-0.15, -0.1) is 11.8 Å². The second-order valence-corrected chi connectivity index (χ2v) is 9.93. The monoisotopic (exact) mass is 523 g/mol. The highest BCUT2D eigenvalue weighted by atomic mass is 32.2. The molecule has 12 heteroatoms. The zero-order valence-corrected chi connectivity index (χ0v) is 20.2. The summed E-state index contributed by atoms with van der Waals surface area (Å²) < 4.78 is 46.3. The number of thiocarbonyl (C=S) groups is 1. The molecule has 0 aliphatic carbocycles. The van der Waals surface area contributed by atoms with Crippen LogP contribution in [0.4, 0.5) is 24.5 Å². The van der Waals surface area contributed by atoms with Crippen LogP contribution in [0, 0.1) is 11.3 Å². The number of aliphatic hydroxyl groups is 2. The van der Waals surface area contributed by atoms with E-state index in [4.69, 9.17) is 27.3 Å². The number of benzene rings is 2. The molecular formula is C23H20F3N3O4S2. The van der Waals surface area contributed by atoms with Crippen LogP contribution in [0.15, 0.2) is 41.3 Å². The zero-order valence-electron chi connectivity index (χ0n) is 18.5. The molecule has 35 heavy (non-hydrogen) atoms. The Labute approximate surface area is 208 Å². The van der Waals surface area contributed by atoms with Crippen molar-refractivity contribution < 1.29 is 32.9 Å². The van der Waals surface area contributed by atoms with Gasteiger partial charge in [-0.3, -0.25) is 9.69 Å². The van der Waals surface area contributed by atoms with Crippen molar-refractivity contribution in [2.75, 3.05) is 22.2 Å². The number of halogens is 3. The molecule has 2 N–H and O–H groups in total. The van der Waals surface area contributed by atoms with Crippen LogP contribution in [-0.4, -0.2) is 51.3 Å². The van der Waals surface area contributed by atoms with Gasteiger partial charge < -0.3 is 19.8 Å². The second kappa shape index (κ2) is 8.98. The lowest BCUT2D eigenvalue weighted by Gasteiger charge is -2.32. The summed E-state index contributed by atoms with van der Waals surface area (Å²) in [6.45, 7) is 2.80. The number of amides is 1. The first-order chi connectivity index (χ1) is 16.4. The van der Waals surface area contributed by atoms with Gasteiger partial charge in [0, 0.05) is 11.4 Å². The summed E-state index contributed by atoms with van der Waals surface area (Å²) >= 11 is 6.96. The normalized spacial score (nSPS) is 20.3. The third kappa shape index (κ3) is 4.33. The van der Waals surface area contributed by atoms with Crippen molar-refractivity contribution in [1.82, 2.24) is 0 Å². The van der Waals surface area contributed by atoms with E-state index in [9.17, 15) is 23.1 Å². The molecule has 1 amide bonds. The predicted molar refractivity (Wildman–Crippen MR) is 127 cm³/mol. The van der Waals surface area contributed by atoms with E-state index in [-0.39, 0.29) is 10.8 Å². The summed E-state index contributed by atoms with van der Waals surface area (Å²) in [4.78, 5) is 16.7. The molecule has 1 saturated heterocycles. The SMILES string of the molecule is CC1(C)C(=O)N(c2ccc(C#N)c(C(F)(F)F)c2)C(=S)N1c1ccc2c(c1)SC[C@@H](C(O)CO)O2. The first-order valence-corrected chi connectivity index (χ1v) is 11.8. The van der Waals surface area contributed by atoms with Crippen LogP contribution in [0.3, 0.4) is 0 Å². The molecule has 0 radical (unpaired) electrons. The van der Waals surface area contributed by atoms with E-state index in [0.717, 1.165) is 21.9 Å². The highest BCUT2D eigenvalue weighted by molar-refractivity contribution is 7.99. The van der Waals surface area contributed by atoms with Crippen molar-refractivity contribution in [3.05, 3.63) is 47.5 Å². The number of nitriles is 1. The third-order valence-electron chi connectivity index (χ3n) is 5.84. The summed E-state index contributed by atoms with van der Waals surface area (Å²) in [5, 5.41) is 28.1. The molecule has 0 bridgehead atoms. The van der Waals surface area contributed by atoms with Crippen LogP contribution in [0.2, 0.25) is 0 Å². The number of thioether (sulfide) groups is 1. The van der Waals surface area contributed by atoms with E-state index < -0.39 is 47.6 Å². The van der Waals surface area contributed by atoms with Gasteiger partial charge in [-0.05, 0) is 62.5 Å². The fourth-order valence-corrected chi connectivity index (χ4v) is 5.60. The van der Waals surface area contributed by atoms with Gasteiger partial charge in [0.2, 0.25) is 0 Å². The first kappa shape index (κ1) is 25.2. The summed E-state index contributed by atoms with van der Waals surface area (Å²) in [5.74, 6) is 0.367. The van der Waals surface area contributed by atoms with Gasteiger partial charge in [0.1, 0.15) is 23.5 Å². The van der Waals surface area contributed by atoms with Gasteiger partial charge in [0.05, 0.1) is 34.4 Å². The number of ether oxygens (including phenoxy) is 1. The van der Waals surface area contributed by atoms with Gasteiger partial charge >= 0.3 is 6.18 Å². The van der Waals surface area contributed by atoms with Crippen molar-refractivity contribution in [3.8, 4) is 11.8 Å². The van der Waals surface area contributed by atoms with Crippen LogP contribution in [0.1, 0.15) is 25.0 Å². The summed E-state index contributed by atoms with van der Waals surface area (Å²) in [6, 6.07) is 9.64. The number of anilines is 2. The van der Waals surface area contributed by atoms with Crippen molar-refractivity contribution in [2.24, 2.45) is 0 Å². The molecule has 2 heterocycles. The topological polar surface area (TPSA) is 97.0 Å². The van der Waals surface area contributed by atoms with Crippen LogP contribution in [0.25, 0.3) is 0 Å². The lowest BCUT2D eigenvalue weighted by molar-refractivity contribution is -0.137. The molecule has 2 aliphatic heterocycles. The first-order valence-electron chi connectivity index (χ1n) is 10.4. The molecule has 2 atom stereocenters. The van der Waals surface area contributed by atoms with Crippen molar-refractivity contribution in [1.29, 1.82) is 5.26 Å². The number of hydrogen-bond donors (Lipinski definition) is 2. The van der Waals surface area contributed by atoms with Crippen molar-refractivity contribution in [2.45, 2.75) is 42.7 Å². The number of carbonyl (C=O) groups is 1. The predicted octanol–water partition coefficient (Wildman–Crippen LogP) is 3.70. The molecule has 1 unspecified atom stereocenters. The van der Waals surface area contributed by atoms with E-state index in [2.05, 4.69) is 0 Å². The maximum absolute atomic E-state index is 13.5. The fraction of sp³-hybridized carbons (Fsp3) is 0.348. The molecule has 4 rings (SSSR count). The highest BCUT2D eigenvalue weighted by Gasteiger charge is 2.51. The maximum Gasteiger partial charge on any atom is 0.417 e. The molecule has 2 aliphatic rings. The summed E-state index contributed by atoms with van der Waals surface area (Å²) in [6.07, 6.45) is -6.39. The van der Waals surface area contributed by atoms with E-state index in [1.807, 2.05) is 0 Å². The van der Waals surface area contributed by atoms with Crippen LogP contribution in [0.5, 0.6) is 5.75 Å². The number of rotatable bonds is 4. The van der Waals surface area contributed by atoms with Gasteiger partial charge in [-0.1, -0.05) is 0 Å². The molecule has 1 fully saturated rings. The fourth-order valence-electron chi connectivity index (χ4n) is 3.98. The Balaban J connectivity index is 1.70. The molecular weight excluding hydrogens is 503 g/mol. The Bertz CT molecular complexity index is 1250. The van der Waals surface area contributed by atoms with Crippen LogP contribution < -0.4 is 14.5 Å². The maximum atomic E-state index is 13.5. The second-order valence-electron chi connectivity index (χ2n) is 8.51. The number of hydrogen-bond acceptors (Lipinski definition) is 7. The Morgan fingerprint density at radius 1 is 1.29 bits per heavy atom. The number of alkyl halides is 3. The number of fused-ring (bicyclic) bond motifs is 1. The minimum atomic E-state index is -4.78. The minimum Gasteiger partial charge on any atom is -0.486 e. The van der Waals surface area contributed by atoms with E-state index in [1.165, 1.54) is 23.9 Å². The molecule has 184 valence electrons. The van der Waals surface area contributed by atoms with Crippen molar-refractivity contribution >= 4 is 46.4 Å². The molecule has 0 aromatic heterocycles. The number of carbonyl (C=O) groups excluding carboxylic acids is 1. The standard InChI is InChI=1S/C23H20F3N3O4S2/c1-22(2)20(32)28(13-4-3-12(9-27)15(7-13)23(24,25)26)21(34)29(22)14-5-6-17-19(8-14)35-11-18(33-17)16(31)10-30/h3-8,16,18,30-31H,10-11H2,1-2H3/t16?,18-/m0/s1. The minimum absolute atomic E-state index is 0.00640. The molecule has 7 nitrogen and oxygen atoms in total. The molecule has 2 aromatic carbocycles. The third-order valence-corrected chi connectivity index (χ3v) is 7.33. The highest BCUT2D eigenvalue weighted by Crippen LogP contribution is 2.43. The average molecular weight is 524 g/mol. The van der Waals surface area contributed by atoms with E-state index >= 15 is 0 Å². The Kier molecular flexibility index (Phi) is 6.48. The van der Waals surface area contributed by atoms with Crippen molar-refractivity contribution in [3.63, 3.8) is 0 Å². The lowest BCUT2D eigenvalue weighted by atomic mass is 10.0. The van der Waals surface area contributed by atoms with E-state index in [1.54, 1.807) is 36.9 Å². The van der Waals surface area contributed by atoms with Crippen LogP contribution >= 0.6 is 24.0 Å². The lowest BCUT2D eigenvalue weighted by Crippen LogP contribution is -2.44. The smallest absolute Gasteiger partial charge is 0.417 e. The van der Waals surface area contributed by atoms with Gasteiger partial charge in [0.25, 0.3) is 5.91 Å².